The first-order valence-corrected chi connectivity index (χ1v) is 10.9. The Morgan fingerprint density at radius 3 is 2.59 bits per heavy atom. The lowest BCUT2D eigenvalue weighted by atomic mass is 9.86. The number of nitrogens with zero attached hydrogens (tertiary/aromatic N) is 3. The summed E-state index contributed by atoms with van der Waals surface area (Å²) in [6.45, 7) is 5.63. The van der Waals surface area contributed by atoms with Gasteiger partial charge in [0.2, 0.25) is 0 Å². The first-order valence-electron chi connectivity index (χ1n) is 10.9. The van der Waals surface area contributed by atoms with Gasteiger partial charge in [0.25, 0.3) is 11.5 Å². The van der Waals surface area contributed by atoms with Crippen molar-refractivity contribution in [1.82, 2.24) is 14.5 Å². The number of hydrogen-bond acceptors (Lipinski definition) is 4. The number of pyridine rings is 2. The van der Waals surface area contributed by atoms with E-state index in [4.69, 9.17) is 4.74 Å². The first kappa shape index (κ1) is 22.0. The molecule has 1 aliphatic heterocycles. The Balaban J connectivity index is 1.75. The SMILES string of the molecule is COc1cc(-c2cn(C)c(=O)c3cnccc23)cc(F)c1C(=O)N1CCC(C(C)C)CC1. The molecule has 1 aliphatic rings. The summed E-state index contributed by atoms with van der Waals surface area (Å²) in [6.07, 6.45) is 6.61. The molecule has 0 N–H and O–H groups in total. The van der Waals surface area contributed by atoms with E-state index in [9.17, 15) is 9.59 Å². The predicted octanol–water partition coefficient (Wildman–Crippen LogP) is 4.26. The molecule has 1 fully saturated rings. The minimum atomic E-state index is -0.633. The van der Waals surface area contributed by atoms with Crippen molar-refractivity contribution in [3.8, 4) is 16.9 Å². The number of aryl methyl sites for hydroxylation is 1. The van der Waals surface area contributed by atoms with E-state index in [2.05, 4.69) is 18.8 Å². The molecule has 0 radical (unpaired) electrons. The van der Waals surface area contributed by atoms with Crippen molar-refractivity contribution in [1.29, 1.82) is 0 Å². The molecule has 2 aromatic heterocycles. The monoisotopic (exact) mass is 437 g/mol. The van der Waals surface area contributed by atoms with Gasteiger partial charge in [0.15, 0.2) is 0 Å². The molecule has 1 amide bonds. The Labute approximate surface area is 186 Å². The molecule has 1 aromatic carbocycles. The number of likely N-dealkylation sites (tertiary alicyclic amines) is 1. The maximum atomic E-state index is 15.4. The molecule has 0 bridgehead atoms. The van der Waals surface area contributed by atoms with Crippen molar-refractivity contribution in [3.63, 3.8) is 0 Å². The smallest absolute Gasteiger partial charge is 0.260 e. The van der Waals surface area contributed by atoms with Crippen LogP contribution in [0.5, 0.6) is 5.75 Å². The predicted molar refractivity (Wildman–Crippen MR) is 122 cm³/mol. The third kappa shape index (κ3) is 3.87. The van der Waals surface area contributed by atoms with E-state index in [0.29, 0.717) is 46.8 Å². The maximum absolute atomic E-state index is 15.4. The molecule has 0 spiro atoms. The van der Waals surface area contributed by atoms with Crippen molar-refractivity contribution < 1.29 is 13.9 Å². The van der Waals surface area contributed by atoms with Gasteiger partial charge in [-0.3, -0.25) is 14.6 Å². The zero-order chi connectivity index (χ0) is 23.0. The van der Waals surface area contributed by atoms with Crippen LogP contribution in [0.15, 0.2) is 41.6 Å². The highest BCUT2D eigenvalue weighted by atomic mass is 19.1. The highest BCUT2D eigenvalue weighted by Gasteiger charge is 2.29. The van der Waals surface area contributed by atoms with Crippen LogP contribution < -0.4 is 10.3 Å². The molecule has 168 valence electrons. The normalized spacial score (nSPS) is 14.9. The number of rotatable bonds is 4. The second kappa shape index (κ2) is 8.73. The Morgan fingerprint density at radius 1 is 1.22 bits per heavy atom. The lowest BCUT2D eigenvalue weighted by Crippen LogP contribution is -2.40. The van der Waals surface area contributed by atoms with Crippen molar-refractivity contribution in [2.45, 2.75) is 26.7 Å². The van der Waals surface area contributed by atoms with Gasteiger partial charge < -0.3 is 14.2 Å². The van der Waals surface area contributed by atoms with Gasteiger partial charge in [-0.25, -0.2) is 4.39 Å². The number of ether oxygens (including phenoxy) is 1. The van der Waals surface area contributed by atoms with Crippen LogP contribution in [0.1, 0.15) is 37.0 Å². The Hall–Kier alpha value is -3.22. The van der Waals surface area contributed by atoms with E-state index in [1.54, 1.807) is 36.5 Å². The molecular weight excluding hydrogens is 409 g/mol. The van der Waals surface area contributed by atoms with Crippen LogP contribution in [-0.4, -0.2) is 40.6 Å². The van der Waals surface area contributed by atoms with E-state index in [0.717, 1.165) is 12.8 Å². The summed E-state index contributed by atoms with van der Waals surface area (Å²) < 4.78 is 22.3. The third-order valence-electron chi connectivity index (χ3n) is 6.55. The number of fused-ring (bicyclic) bond motifs is 1. The Morgan fingerprint density at radius 2 is 1.94 bits per heavy atom. The second-order valence-electron chi connectivity index (χ2n) is 8.79. The van der Waals surface area contributed by atoms with Gasteiger partial charge in [0.1, 0.15) is 17.1 Å². The second-order valence-corrected chi connectivity index (χ2v) is 8.79. The van der Waals surface area contributed by atoms with Crippen LogP contribution >= 0.6 is 0 Å². The van der Waals surface area contributed by atoms with Gasteiger partial charge >= 0.3 is 0 Å². The minimum absolute atomic E-state index is 0.0463. The number of halogens is 1. The minimum Gasteiger partial charge on any atom is -0.496 e. The van der Waals surface area contributed by atoms with Gasteiger partial charge in [-0.1, -0.05) is 13.8 Å². The maximum Gasteiger partial charge on any atom is 0.260 e. The van der Waals surface area contributed by atoms with Crippen LogP contribution in [0.2, 0.25) is 0 Å². The molecule has 32 heavy (non-hydrogen) atoms. The van der Waals surface area contributed by atoms with E-state index in [1.807, 2.05) is 0 Å². The van der Waals surface area contributed by atoms with Crippen LogP contribution in [0.4, 0.5) is 4.39 Å². The fourth-order valence-electron chi connectivity index (χ4n) is 4.57. The van der Waals surface area contributed by atoms with Crippen LogP contribution in [0, 0.1) is 17.7 Å². The van der Waals surface area contributed by atoms with Crippen LogP contribution in [-0.2, 0) is 7.05 Å². The number of methoxy groups -OCH3 is 1. The van der Waals surface area contributed by atoms with E-state index in [-0.39, 0.29) is 22.8 Å². The van der Waals surface area contributed by atoms with Gasteiger partial charge in [0, 0.05) is 44.3 Å². The van der Waals surface area contributed by atoms with Crippen molar-refractivity contribution in [2.24, 2.45) is 18.9 Å². The molecule has 3 aromatic rings. The molecule has 0 saturated carbocycles. The van der Waals surface area contributed by atoms with Crippen LogP contribution in [0.25, 0.3) is 21.9 Å². The van der Waals surface area contributed by atoms with E-state index >= 15 is 4.39 Å². The molecule has 0 unspecified atom stereocenters. The highest BCUT2D eigenvalue weighted by Crippen LogP contribution is 2.34. The number of hydrogen-bond donors (Lipinski definition) is 0. The molecular formula is C25H28FN3O3. The molecule has 6 nitrogen and oxygen atoms in total. The number of carbonyl (C=O) groups excluding carboxylic acids is 1. The first-order chi connectivity index (χ1) is 15.3. The summed E-state index contributed by atoms with van der Waals surface area (Å²) in [5.41, 5.74) is 0.968. The van der Waals surface area contributed by atoms with Gasteiger partial charge in [-0.05, 0) is 53.8 Å². The standard InChI is InChI=1S/C25H28FN3O3/c1-15(2)16-6-9-29(10-7-16)25(31)23-21(26)11-17(12-22(23)32-4)20-14-28(3)24(30)19-13-27-8-5-18(19)20/h5,8,11-16H,6-7,9-10H2,1-4H3. The summed E-state index contributed by atoms with van der Waals surface area (Å²) in [6, 6.07) is 4.74. The number of piperidine rings is 1. The third-order valence-corrected chi connectivity index (χ3v) is 6.55. The topological polar surface area (TPSA) is 64.4 Å². The molecule has 1 saturated heterocycles. The number of benzene rings is 1. The zero-order valence-corrected chi connectivity index (χ0v) is 18.9. The highest BCUT2D eigenvalue weighted by molar-refractivity contribution is 6.00. The van der Waals surface area contributed by atoms with Gasteiger partial charge in [-0.15, -0.1) is 0 Å². The van der Waals surface area contributed by atoms with Crippen molar-refractivity contribution >= 4 is 16.7 Å². The summed E-state index contributed by atoms with van der Waals surface area (Å²) in [4.78, 5) is 31.4. The van der Waals surface area contributed by atoms with E-state index in [1.165, 1.54) is 23.9 Å². The quantitative estimate of drug-likeness (QED) is 0.612. The molecule has 7 heteroatoms. The van der Waals surface area contributed by atoms with E-state index < -0.39 is 5.82 Å². The molecule has 0 aliphatic carbocycles. The number of carbonyl (C=O) groups is 1. The zero-order valence-electron chi connectivity index (χ0n) is 18.9. The summed E-state index contributed by atoms with van der Waals surface area (Å²) in [5, 5.41) is 1.11. The van der Waals surface area contributed by atoms with Crippen LogP contribution in [0.3, 0.4) is 0 Å². The fourth-order valence-corrected chi connectivity index (χ4v) is 4.57. The summed E-state index contributed by atoms with van der Waals surface area (Å²) in [5.74, 6) is 0.367. The summed E-state index contributed by atoms with van der Waals surface area (Å²) >= 11 is 0. The Bertz CT molecular complexity index is 1230. The summed E-state index contributed by atoms with van der Waals surface area (Å²) in [7, 11) is 3.08. The van der Waals surface area contributed by atoms with Gasteiger partial charge in [0.05, 0.1) is 12.5 Å². The average Bonchev–Trinajstić information content (AvgIpc) is 2.80. The fraction of sp³-hybridized carbons (Fsp3) is 0.400. The average molecular weight is 438 g/mol. The molecule has 3 heterocycles. The lowest BCUT2D eigenvalue weighted by molar-refractivity contribution is 0.0659. The number of aromatic nitrogens is 2. The lowest BCUT2D eigenvalue weighted by Gasteiger charge is -2.34. The van der Waals surface area contributed by atoms with Crippen molar-refractivity contribution in [2.75, 3.05) is 20.2 Å². The number of amides is 1. The van der Waals surface area contributed by atoms with Crippen molar-refractivity contribution in [3.05, 3.63) is 58.5 Å². The van der Waals surface area contributed by atoms with Gasteiger partial charge in [-0.2, -0.15) is 0 Å². The molecule has 0 atom stereocenters. The molecule has 4 rings (SSSR count). The largest absolute Gasteiger partial charge is 0.496 e. The Kier molecular flexibility index (Phi) is 6.00.